The summed E-state index contributed by atoms with van der Waals surface area (Å²) >= 11 is 4.86. The number of imidazole rings is 1. The molecule has 0 saturated carbocycles. The van der Waals surface area contributed by atoms with Crippen LogP contribution in [0.1, 0.15) is 5.69 Å². The van der Waals surface area contributed by atoms with E-state index in [1.54, 1.807) is 10.9 Å². The third-order valence-electron chi connectivity index (χ3n) is 2.26. The maximum atomic E-state index is 9.38. The fourth-order valence-corrected chi connectivity index (χ4v) is 2.58. The van der Waals surface area contributed by atoms with E-state index in [0.717, 1.165) is 15.1 Å². The molecule has 0 aliphatic heterocycles. The number of aliphatic hydroxyl groups excluding tert-OH is 1. The fraction of sp³-hybridized carbons (Fsp3) is 0.111. The van der Waals surface area contributed by atoms with E-state index in [4.69, 9.17) is 0 Å². The summed E-state index contributed by atoms with van der Waals surface area (Å²) in [6, 6.07) is 0. The van der Waals surface area contributed by atoms with E-state index >= 15 is 0 Å². The largest absolute Gasteiger partial charge is 0.390 e. The molecule has 0 saturated heterocycles. The summed E-state index contributed by atoms with van der Waals surface area (Å²) in [5.41, 5.74) is 0.742. The molecule has 5 nitrogen and oxygen atoms in total. The van der Waals surface area contributed by atoms with Gasteiger partial charge in [-0.05, 0) is 15.9 Å². The van der Waals surface area contributed by atoms with Crippen LogP contribution in [0, 0.1) is 0 Å². The van der Waals surface area contributed by atoms with Gasteiger partial charge in [-0.1, -0.05) is 0 Å². The van der Waals surface area contributed by atoms with Crippen LogP contribution in [-0.4, -0.2) is 24.3 Å². The van der Waals surface area contributed by atoms with Gasteiger partial charge in [0.2, 0.25) is 0 Å². The summed E-state index contributed by atoms with van der Waals surface area (Å²) in [7, 11) is 0. The molecule has 3 rings (SSSR count). The molecule has 3 heterocycles. The molecule has 0 amide bonds. The second-order valence-electron chi connectivity index (χ2n) is 3.20. The molecule has 0 unspecified atom stereocenters. The lowest BCUT2D eigenvalue weighted by Gasteiger charge is -1.99. The van der Waals surface area contributed by atoms with Gasteiger partial charge in [0, 0.05) is 17.8 Å². The molecule has 16 heavy (non-hydrogen) atoms. The summed E-state index contributed by atoms with van der Waals surface area (Å²) in [4.78, 5) is 5.28. The van der Waals surface area contributed by atoms with Crippen molar-refractivity contribution in [2.45, 2.75) is 6.61 Å². The zero-order valence-electron chi connectivity index (χ0n) is 8.04. The van der Waals surface area contributed by atoms with Gasteiger partial charge < -0.3 is 5.11 Å². The van der Waals surface area contributed by atoms with Crippen molar-refractivity contribution < 1.29 is 5.11 Å². The third kappa shape index (κ3) is 1.40. The number of thiazole rings is 1. The smallest absolute Gasteiger partial charge is 0.196 e. The highest BCUT2D eigenvalue weighted by Gasteiger charge is 2.14. The predicted octanol–water partition coefficient (Wildman–Crippen LogP) is 1.84. The molecule has 0 radical (unpaired) electrons. The van der Waals surface area contributed by atoms with Crippen LogP contribution in [-0.2, 0) is 6.61 Å². The molecule has 7 heteroatoms. The summed E-state index contributed by atoms with van der Waals surface area (Å²) in [5.74, 6) is 0.667. The van der Waals surface area contributed by atoms with Gasteiger partial charge >= 0.3 is 0 Å². The highest BCUT2D eigenvalue weighted by atomic mass is 79.9. The molecule has 0 spiro atoms. The molecule has 0 atom stereocenters. The molecule has 0 aromatic carbocycles. The minimum atomic E-state index is -0.0648. The Morgan fingerprint density at radius 1 is 1.50 bits per heavy atom. The van der Waals surface area contributed by atoms with Gasteiger partial charge in [0.1, 0.15) is 0 Å². The normalized spacial score (nSPS) is 11.4. The molecule has 0 aliphatic carbocycles. The minimum Gasteiger partial charge on any atom is -0.390 e. The summed E-state index contributed by atoms with van der Waals surface area (Å²) < 4.78 is 4.40. The topological polar surface area (TPSA) is 55.3 Å². The second-order valence-corrected chi connectivity index (χ2v) is 4.99. The van der Waals surface area contributed by atoms with Crippen molar-refractivity contribution in [3.05, 3.63) is 34.1 Å². The molecule has 82 valence electrons. The lowest BCUT2D eigenvalue weighted by molar-refractivity contribution is 0.275. The van der Waals surface area contributed by atoms with Gasteiger partial charge in [0.05, 0.1) is 23.0 Å². The molecule has 3 aromatic heterocycles. The maximum absolute atomic E-state index is 9.38. The van der Waals surface area contributed by atoms with Crippen LogP contribution >= 0.6 is 27.3 Å². The van der Waals surface area contributed by atoms with E-state index in [0.29, 0.717) is 5.82 Å². The number of rotatable bonds is 2. The zero-order chi connectivity index (χ0) is 11.1. The van der Waals surface area contributed by atoms with Gasteiger partial charge in [-0.2, -0.15) is 10.1 Å². The number of halogens is 1. The Morgan fingerprint density at radius 2 is 2.38 bits per heavy atom. The average molecular weight is 299 g/mol. The van der Waals surface area contributed by atoms with Crippen molar-refractivity contribution >= 4 is 32.2 Å². The van der Waals surface area contributed by atoms with Crippen molar-refractivity contribution in [1.29, 1.82) is 0 Å². The van der Waals surface area contributed by atoms with Crippen molar-refractivity contribution in [2.24, 2.45) is 0 Å². The van der Waals surface area contributed by atoms with E-state index in [9.17, 15) is 5.11 Å². The van der Waals surface area contributed by atoms with Crippen LogP contribution in [0.3, 0.4) is 0 Å². The van der Waals surface area contributed by atoms with Crippen LogP contribution in [0.2, 0.25) is 0 Å². The molecule has 0 bridgehead atoms. The minimum absolute atomic E-state index is 0.0648. The third-order valence-corrected chi connectivity index (χ3v) is 3.42. The zero-order valence-corrected chi connectivity index (χ0v) is 10.4. The standard InChI is InChI=1S/C9H7BrN4OS/c10-6-3-11-14(4-6)8-7(5-15)13-1-2-16-9(13)12-8/h1-4,15H,5H2. The Balaban J connectivity index is 2.26. The highest BCUT2D eigenvalue weighted by Crippen LogP contribution is 2.21. The number of nitrogens with zero attached hydrogens (tertiary/aromatic N) is 4. The average Bonchev–Trinajstić information content (AvgIpc) is 2.90. The van der Waals surface area contributed by atoms with E-state index in [-0.39, 0.29) is 6.61 Å². The Hall–Kier alpha value is -1.18. The first-order valence-electron chi connectivity index (χ1n) is 4.55. The van der Waals surface area contributed by atoms with Gasteiger partial charge in [0.15, 0.2) is 10.8 Å². The van der Waals surface area contributed by atoms with Crippen LogP contribution < -0.4 is 0 Å². The van der Waals surface area contributed by atoms with E-state index < -0.39 is 0 Å². The van der Waals surface area contributed by atoms with Crippen molar-refractivity contribution in [2.75, 3.05) is 0 Å². The van der Waals surface area contributed by atoms with Gasteiger partial charge in [-0.25, -0.2) is 4.68 Å². The molecule has 1 N–H and O–H groups in total. The quantitative estimate of drug-likeness (QED) is 0.785. The first kappa shape index (κ1) is 10.0. The SMILES string of the molecule is OCc1c(-n2cc(Br)cn2)nc2sccn12. The number of aromatic nitrogens is 4. The lowest BCUT2D eigenvalue weighted by atomic mass is 10.4. The van der Waals surface area contributed by atoms with Crippen molar-refractivity contribution in [3.8, 4) is 5.82 Å². The molecule has 0 fully saturated rings. The lowest BCUT2D eigenvalue weighted by Crippen LogP contribution is -2.00. The molecular weight excluding hydrogens is 292 g/mol. The van der Waals surface area contributed by atoms with Gasteiger partial charge in [-0.15, -0.1) is 11.3 Å². The van der Waals surface area contributed by atoms with Crippen LogP contribution in [0.25, 0.3) is 10.8 Å². The number of hydrogen-bond donors (Lipinski definition) is 1. The summed E-state index contributed by atoms with van der Waals surface area (Å²) in [6.07, 6.45) is 5.39. The second kappa shape index (κ2) is 3.69. The number of hydrogen-bond acceptors (Lipinski definition) is 4. The van der Waals surface area contributed by atoms with E-state index in [2.05, 4.69) is 26.0 Å². The highest BCUT2D eigenvalue weighted by molar-refractivity contribution is 9.10. The first-order chi connectivity index (χ1) is 7.79. The Bertz CT molecular complexity index is 641. The Morgan fingerprint density at radius 3 is 3.06 bits per heavy atom. The Kier molecular flexibility index (Phi) is 2.31. The Labute approximate surface area is 103 Å². The van der Waals surface area contributed by atoms with Crippen molar-refractivity contribution in [3.63, 3.8) is 0 Å². The number of aliphatic hydroxyl groups is 1. The monoisotopic (exact) mass is 298 g/mol. The first-order valence-corrected chi connectivity index (χ1v) is 6.22. The summed E-state index contributed by atoms with van der Waals surface area (Å²) in [5, 5.41) is 15.5. The van der Waals surface area contributed by atoms with E-state index in [1.165, 1.54) is 11.3 Å². The predicted molar refractivity (Wildman–Crippen MR) is 63.8 cm³/mol. The molecule has 3 aromatic rings. The summed E-state index contributed by atoms with van der Waals surface area (Å²) in [6.45, 7) is -0.0648. The molecular formula is C9H7BrN4OS. The fourth-order valence-electron chi connectivity index (χ4n) is 1.57. The maximum Gasteiger partial charge on any atom is 0.196 e. The van der Waals surface area contributed by atoms with E-state index in [1.807, 2.05) is 22.2 Å². The van der Waals surface area contributed by atoms with Gasteiger partial charge in [-0.3, -0.25) is 4.40 Å². The van der Waals surface area contributed by atoms with Crippen LogP contribution in [0.4, 0.5) is 0 Å². The number of fused-ring (bicyclic) bond motifs is 1. The van der Waals surface area contributed by atoms with Crippen LogP contribution in [0.5, 0.6) is 0 Å². The molecule has 0 aliphatic rings. The van der Waals surface area contributed by atoms with Gasteiger partial charge in [0.25, 0.3) is 0 Å². The van der Waals surface area contributed by atoms with Crippen molar-refractivity contribution in [1.82, 2.24) is 19.2 Å². The van der Waals surface area contributed by atoms with Crippen LogP contribution in [0.15, 0.2) is 28.4 Å².